The summed E-state index contributed by atoms with van der Waals surface area (Å²) in [6, 6.07) is 7.52. The highest BCUT2D eigenvalue weighted by atomic mass is 32.1. The van der Waals surface area contributed by atoms with Gasteiger partial charge in [0, 0.05) is 11.9 Å². The van der Waals surface area contributed by atoms with Crippen LogP contribution in [0.5, 0.6) is 5.75 Å². The van der Waals surface area contributed by atoms with Gasteiger partial charge in [-0.3, -0.25) is 9.59 Å². The summed E-state index contributed by atoms with van der Waals surface area (Å²) in [6.07, 6.45) is 0.745. The summed E-state index contributed by atoms with van der Waals surface area (Å²) in [4.78, 5) is 30.3. The fraction of sp³-hybridized carbons (Fsp3) is 0.389. The van der Waals surface area contributed by atoms with Crippen molar-refractivity contribution in [1.29, 1.82) is 0 Å². The van der Waals surface area contributed by atoms with Crippen LogP contribution >= 0.6 is 11.3 Å². The van der Waals surface area contributed by atoms with E-state index in [4.69, 9.17) is 9.47 Å². The van der Waals surface area contributed by atoms with Gasteiger partial charge in [-0.05, 0) is 25.5 Å². The molecule has 0 N–H and O–H groups in total. The number of rotatable bonds is 8. The summed E-state index contributed by atoms with van der Waals surface area (Å²) in [5.41, 5.74) is 1.16. The third-order valence-electron chi connectivity index (χ3n) is 3.47. The van der Waals surface area contributed by atoms with E-state index >= 15 is 0 Å². The highest BCUT2D eigenvalue weighted by Gasteiger charge is 2.22. The number of thiazole rings is 1. The molecule has 6 nitrogen and oxygen atoms in total. The van der Waals surface area contributed by atoms with Crippen molar-refractivity contribution in [1.82, 2.24) is 9.88 Å². The van der Waals surface area contributed by atoms with E-state index in [1.54, 1.807) is 19.4 Å². The Morgan fingerprint density at radius 1 is 1.24 bits per heavy atom. The third-order valence-corrected chi connectivity index (χ3v) is 4.34. The average molecular weight is 362 g/mol. The number of nitrogens with zero attached hydrogens (tertiary/aromatic N) is 2. The Kier molecular flexibility index (Phi) is 6.94. The predicted molar refractivity (Wildman–Crippen MR) is 96.9 cm³/mol. The molecule has 0 fully saturated rings. The minimum Gasteiger partial charge on any atom is -0.496 e. The van der Waals surface area contributed by atoms with Crippen LogP contribution in [0.15, 0.2) is 29.6 Å². The maximum Gasteiger partial charge on any atom is 0.325 e. The minimum absolute atomic E-state index is 0.0674. The second-order valence-electron chi connectivity index (χ2n) is 5.27. The lowest BCUT2D eigenvalue weighted by Gasteiger charge is -2.19. The van der Waals surface area contributed by atoms with Crippen LogP contribution < -0.4 is 4.74 Å². The zero-order valence-corrected chi connectivity index (χ0v) is 15.5. The maximum absolute atomic E-state index is 12.7. The van der Waals surface area contributed by atoms with Crippen molar-refractivity contribution in [3.8, 4) is 16.3 Å². The molecule has 0 aliphatic carbocycles. The number of esters is 1. The van der Waals surface area contributed by atoms with Crippen LogP contribution in [0, 0.1) is 0 Å². The average Bonchev–Trinajstić information content (AvgIpc) is 3.10. The number of aromatic nitrogens is 1. The van der Waals surface area contributed by atoms with Crippen LogP contribution in [-0.4, -0.2) is 48.6 Å². The Morgan fingerprint density at radius 3 is 2.68 bits per heavy atom. The van der Waals surface area contributed by atoms with Crippen LogP contribution in [-0.2, 0) is 9.53 Å². The minimum atomic E-state index is -0.413. The van der Waals surface area contributed by atoms with E-state index < -0.39 is 5.97 Å². The Bertz CT molecular complexity index is 729. The molecule has 0 unspecified atom stereocenters. The highest BCUT2D eigenvalue weighted by molar-refractivity contribution is 7.13. The Labute approximate surface area is 151 Å². The lowest BCUT2D eigenvalue weighted by molar-refractivity contribution is -0.143. The molecular weight excluding hydrogens is 340 g/mol. The lowest BCUT2D eigenvalue weighted by atomic mass is 10.2. The first kappa shape index (κ1) is 18.9. The number of methoxy groups -OCH3 is 1. The molecule has 0 atom stereocenters. The first-order valence-corrected chi connectivity index (χ1v) is 9.02. The molecule has 0 saturated heterocycles. The molecule has 0 bridgehead atoms. The lowest BCUT2D eigenvalue weighted by Crippen LogP contribution is -2.37. The van der Waals surface area contributed by atoms with Crippen LogP contribution in [0.25, 0.3) is 10.6 Å². The van der Waals surface area contributed by atoms with Gasteiger partial charge in [0.15, 0.2) is 0 Å². The molecule has 1 heterocycles. The summed E-state index contributed by atoms with van der Waals surface area (Å²) in [7, 11) is 1.60. The monoisotopic (exact) mass is 362 g/mol. The Morgan fingerprint density at radius 2 is 2.00 bits per heavy atom. The number of amides is 1. The molecule has 1 amide bonds. The fourth-order valence-corrected chi connectivity index (χ4v) is 3.19. The molecule has 0 saturated carbocycles. The molecule has 25 heavy (non-hydrogen) atoms. The van der Waals surface area contributed by atoms with Crippen LogP contribution in [0.2, 0.25) is 0 Å². The molecule has 2 rings (SSSR count). The predicted octanol–water partition coefficient (Wildman–Crippen LogP) is 3.23. The number of ether oxygens (including phenoxy) is 2. The molecule has 0 radical (unpaired) electrons. The van der Waals surface area contributed by atoms with Gasteiger partial charge in [-0.25, -0.2) is 4.98 Å². The van der Waals surface area contributed by atoms with Crippen molar-refractivity contribution >= 4 is 23.2 Å². The van der Waals surface area contributed by atoms with Crippen molar-refractivity contribution in [2.24, 2.45) is 0 Å². The van der Waals surface area contributed by atoms with Crippen molar-refractivity contribution in [3.63, 3.8) is 0 Å². The van der Waals surface area contributed by atoms with Gasteiger partial charge in [0.25, 0.3) is 5.91 Å². The van der Waals surface area contributed by atoms with Crippen molar-refractivity contribution in [2.45, 2.75) is 20.3 Å². The van der Waals surface area contributed by atoms with Crippen LogP contribution in [0.3, 0.4) is 0 Å². The van der Waals surface area contributed by atoms with E-state index in [1.165, 1.54) is 16.2 Å². The van der Waals surface area contributed by atoms with Crippen molar-refractivity contribution in [3.05, 3.63) is 35.3 Å². The zero-order valence-electron chi connectivity index (χ0n) is 14.7. The molecule has 7 heteroatoms. The van der Waals surface area contributed by atoms with Gasteiger partial charge in [0.2, 0.25) is 0 Å². The van der Waals surface area contributed by atoms with E-state index in [2.05, 4.69) is 4.98 Å². The Hall–Kier alpha value is -2.41. The number of para-hydroxylation sites is 1. The molecule has 0 aliphatic rings. The molecular formula is C18H22N2O4S. The zero-order chi connectivity index (χ0) is 18.2. The van der Waals surface area contributed by atoms with E-state index in [-0.39, 0.29) is 12.5 Å². The summed E-state index contributed by atoms with van der Waals surface area (Å²) < 4.78 is 10.3. The highest BCUT2D eigenvalue weighted by Crippen LogP contribution is 2.32. The number of carbonyl (C=O) groups is 2. The van der Waals surface area contributed by atoms with Gasteiger partial charge in [0.1, 0.15) is 23.0 Å². The number of carbonyl (C=O) groups excluding carboxylic acids is 2. The Balaban J connectivity index is 2.21. The first-order chi connectivity index (χ1) is 12.1. The second kappa shape index (κ2) is 9.17. The van der Waals surface area contributed by atoms with Crippen LogP contribution in [0.1, 0.15) is 30.8 Å². The van der Waals surface area contributed by atoms with Gasteiger partial charge in [-0.1, -0.05) is 19.1 Å². The third kappa shape index (κ3) is 4.79. The summed E-state index contributed by atoms with van der Waals surface area (Å²) in [5, 5.41) is 2.41. The molecule has 2 aromatic rings. The van der Waals surface area contributed by atoms with Gasteiger partial charge < -0.3 is 14.4 Å². The summed E-state index contributed by atoms with van der Waals surface area (Å²) in [5.74, 6) is 0.0181. The molecule has 1 aromatic heterocycles. The van der Waals surface area contributed by atoms with Gasteiger partial charge in [-0.2, -0.15) is 0 Å². The number of benzene rings is 1. The molecule has 0 spiro atoms. The normalized spacial score (nSPS) is 10.4. The van der Waals surface area contributed by atoms with Gasteiger partial charge in [-0.15, -0.1) is 11.3 Å². The van der Waals surface area contributed by atoms with E-state index in [9.17, 15) is 9.59 Å². The van der Waals surface area contributed by atoms with Gasteiger partial charge >= 0.3 is 5.97 Å². The molecule has 134 valence electrons. The smallest absolute Gasteiger partial charge is 0.325 e. The second-order valence-corrected chi connectivity index (χ2v) is 6.13. The largest absolute Gasteiger partial charge is 0.496 e. The fourth-order valence-electron chi connectivity index (χ4n) is 2.36. The van der Waals surface area contributed by atoms with Crippen molar-refractivity contribution in [2.75, 3.05) is 26.8 Å². The number of hydrogen-bond acceptors (Lipinski definition) is 6. The van der Waals surface area contributed by atoms with E-state index in [1.807, 2.05) is 31.2 Å². The van der Waals surface area contributed by atoms with E-state index in [0.29, 0.717) is 29.6 Å². The molecule has 0 aliphatic heterocycles. The molecule has 1 aromatic carbocycles. The quantitative estimate of drug-likeness (QED) is 0.675. The SMILES string of the molecule is CCCN(CC(=O)OCC)C(=O)c1csc(-c2ccccc2OC)n1. The maximum atomic E-state index is 12.7. The van der Waals surface area contributed by atoms with Crippen LogP contribution in [0.4, 0.5) is 0 Å². The van der Waals surface area contributed by atoms with E-state index in [0.717, 1.165) is 12.0 Å². The number of hydrogen-bond donors (Lipinski definition) is 0. The summed E-state index contributed by atoms with van der Waals surface area (Å²) >= 11 is 1.37. The van der Waals surface area contributed by atoms with Gasteiger partial charge in [0.05, 0.1) is 19.3 Å². The standard InChI is InChI=1S/C18H22N2O4S/c1-4-10-20(11-16(21)24-5-2)18(22)14-12-25-17(19-14)13-8-6-7-9-15(13)23-3/h6-9,12H,4-5,10-11H2,1-3H3. The van der Waals surface area contributed by atoms with Crippen molar-refractivity contribution < 1.29 is 19.1 Å². The first-order valence-electron chi connectivity index (χ1n) is 8.14. The summed E-state index contributed by atoms with van der Waals surface area (Å²) in [6.45, 7) is 4.39. The topological polar surface area (TPSA) is 68.7 Å².